The molecule has 1 heterocycles. The SMILES string of the molecule is CC(=O)N[C@@H](Cc1cc(F)cc(F)c1)[C@H](O)CN[C@H]1CCOc2ccc(CC(C)(C)C#N)cc21. The second kappa shape index (κ2) is 10.9. The summed E-state index contributed by atoms with van der Waals surface area (Å²) in [4.78, 5) is 11.7. The van der Waals surface area contributed by atoms with Crippen molar-refractivity contribution in [2.75, 3.05) is 13.2 Å². The van der Waals surface area contributed by atoms with Gasteiger partial charge in [0.25, 0.3) is 0 Å². The molecule has 3 atom stereocenters. The van der Waals surface area contributed by atoms with Gasteiger partial charge in [-0.3, -0.25) is 4.79 Å². The van der Waals surface area contributed by atoms with E-state index in [4.69, 9.17) is 4.74 Å². The lowest BCUT2D eigenvalue weighted by Crippen LogP contribution is -2.48. The molecule has 0 aliphatic carbocycles. The van der Waals surface area contributed by atoms with Crippen molar-refractivity contribution in [1.82, 2.24) is 10.6 Å². The number of fused-ring (bicyclic) bond motifs is 1. The molecule has 8 heteroatoms. The van der Waals surface area contributed by atoms with Crippen LogP contribution in [-0.2, 0) is 17.6 Å². The van der Waals surface area contributed by atoms with E-state index in [9.17, 15) is 23.9 Å². The van der Waals surface area contributed by atoms with Crippen LogP contribution in [0.15, 0.2) is 36.4 Å². The first-order chi connectivity index (χ1) is 16.1. The topological polar surface area (TPSA) is 94.4 Å². The van der Waals surface area contributed by atoms with Gasteiger partial charge in [-0.25, -0.2) is 8.78 Å². The zero-order chi connectivity index (χ0) is 24.9. The smallest absolute Gasteiger partial charge is 0.217 e. The number of hydrogen-bond acceptors (Lipinski definition) is 5. The van der Waals surface area contributed by atoms with Crippen LogP contribution in [0.4, 0.5) is 8.78 Å². The number of amides is 1. The second-order valence-corrected chi connectivity index (χ2v) is 9.50. The summed E-state index contributed by atoms with van der Waals surface area (Å²) in [5.74, 6) is -1.01. The van der Waals surface area contributed by atoms with Gasteiger partial charge < -0.3 is 20.5 Å². The van der Waals surface area contributed by atoms with E-state index in [0.717, 1.165) is 22.9 Å². The zero-order valence-corrected chi connectivity index (χ0v) is 19.7. The highest BCUT2D eigenvalue weighted by molar-refractivity contribution is 5.73. The molecule has 6 nitrogen and oxygen atoms in total. The number of hydrogen-bond donors (Lipinski definition) is 3. The van der Waals surface area contributed by atoms with E-state index in [0.29, 0.717) is 25.0 Å². The molecule has 1 aliphatic rings. The largest absolute Gasteiger partial charge is 0.493 e. The number of benzene rings is 2. The van der Waals surface area contributed by atoms with Crippen molar-refractivity contribution < 1.29 is 23.4 Å². The van der Waals surface area contributed by atoms with Crippen LogP contribution in [0.1, 0.15) is 49.9 Å². The molecule has 182 valence electrons. The lowest BCUT2D eigenvalue weighted by atomic mass is 9.86. The average Bonchev–Trinajstić information content (AvgIpc) is 2.75. The quantitative estimate of drug-likeness (QED) is 0.520. The molecule has 0 radical (unpaired) electrons. The van der Waals surface area contributed by atoms with Crippen LogP contribution in [0.5, 0.6) is 5.75 Å². The van der Waals surface area contributed by atoms with Gasteiger partial charge in [0.15, 0.2) is 0 Å². The third-order valence-electron chi connectivity index (χ3n) is 5.87. The molecule has 0 bridgehead atoms. The Morgan fingerprint density at radius 3 is 2.59 bits per heavy atom. The van der Waals surface area contributed by atoms with Gasteiger partial charge in [-0.2, -0.15) is 5.26 Å². The summed E-state index contributed by atoms with van der Waals surface area (Å²) < 4.78 is 33.0. The Labute approximate surface area is 198 Å². The van der Waals surface area contributed by atoms with Gasteiger partial charge >= 0.3 is 0 Å². The normalized spacial score (nSPS) is 17.1. The number of aliphatic hydroxyl groups is 1. The fourth-order valence-electron chi connectivity index (χ4n) is 4.25. The van der Waals surface area contributed by atoms with E-state index >= 15 is 0 Å². The van der Waals surface area contributed by atoms with E-state index in [1.807, 2.05) is 32.0 Å². The Bertz CT molecular complexity index is 1050. The van der Waals surface area contributed by atoms with E-state index < -0.39 is 29.2 Å². The Balaban J connectivity index is 1.71. The minimum absolute atomic E-state index is 0.0782. The molecular formula is C26H31F2N3O3. The third kappa shape index (κ3) is 6.99. The van der Waals surface area contributed by atoms with Crippen molar-refractivity contribution in [3.8, 4) is 11.8 Å². The number of nitrogens with zero attached hydrogens (tertiary/aromatic N) is 1. The monoisotopic (exact) mass is 471 g/mol. The van der Waals surface area contributed by atoms with E-state index in [1.165, 1.54) is 19.1 Å². The molecule has 0 unspecified atom stereocenters. The summed E-state index contributed by atoms with van der Waals surface area (Å²) in [6, 6.07) is 10.5. The molecule has 1 aliphatic heterocycles. The average molecular weight is 472 g/mol. The van der Waals surface area contributed by atoms with Crippen molar-refractivity contribution in [2.45, 2.75) is 58.2 Å². The highest BCUT2D eigenvalue weighted by atomic mass is 19.1. The maximum atomic E-state index is 13.6. The standard InChI is InChI=1S/C26H31F2N3O3/c1-16(32)31-23(11-18-8-19(27)12-20(28)9-18)24(33)14-30-22-6-7-34-25-5-4-17(10-21(22)25)13-26(2,3)15-29/h4-5,8-10,12,22-24,30,33H,6-7,11,13-14H2,1-3H3,(H,31,32)/t22-,23-,24+/m0/s1. The number of aliphatic hydroxyl groups excluding tert-OH is 1. The summed E-state index contributed by atoms with van der Waals surface area (Å²) in [6.07, 6.45) is 0.364. The van der Waals surface area contributed by atoms with Crippen LogP contribution < -0.4 is 15.4 Å². The second-order valence-electron chi connectivity index (χ2n) is 9.50. The highest BCUT2D eigenvalue weighted by Crippen LogP contribution is 2.34. The van der Waals surface area contributed by atoms with Crippen molar-refractivity contribution in [2.24, 2.45) is 5.41 Å². The fraction of sp³-hybridized carbons (Fsp3) is 0.462. The van der Waals surface area contributed by atoms with Crippen molar-refractivity contribution in [3.05, 3.63) is 64.7 Å². The summed E-state index contributed by atoms with van der Waals surface area (Å²) in [5.41, 5.74) is 1.82. The number of carbonyl (C=O) groups is 1. The van der Waals surface area contributed by atoms with Crippen LogP contribution in [0, 0.1) is 28.4 Å². The van der Waals surface area contributed by atoms with Crippen LogP contribution in [0.25, 0.3) is 0 Å². The number of carbonyl (C=O) groups excluding carboxylic acids is 1. The summed E-state index contributed by atoms with van der Waals surface area (Å²) in [6.45, 7) is 5.78. The highest BCUT2D eigenvalue weighted by Gasteiger charge is 2.27. The Morgan fingerprint density at radius 2 is 1.94 bits per heavy atom. The number of rotatable bonds is 9. The van der Waals surface area contributed by atoms with Gasteiger partial charge in [-0.05, 0) is 56.0 Å². The Hall–Kier alpha value is -3.02. The molecule has 0 fully saturated rings. The molecule has 0 saturated carbocycles. The van der Waals surface area contributed by atoms with Gasteiger partial charge in [-0.1, -0.05) is 12.1 Å². The molecule has 34 heavy (non-hydrogen) atoms. The summed E-state index contributed by atoms with van der Waals surface area (Å²) in [5, 5.41) is 26.2. The molecular weight excluding hydrogens is 440 g/mol. The molecule has 3 rings (SSSR count). The van der Waals surface area contributed by atoms with Gasteiger partial charge in [0.05, 0.1) is 30.2 Å². The summed E-state index contributed by atoms with van der Waals surface area (Å²) in [7, 11) is 0. The molecule has 0 spiro atoms. The minimum Gasteiger partial charge on any atom is -0.493 e. The number of nitriles is 1. The van der Waals surface area contributed by atoms with Crippen molar-refractivity contribution in [1.29, 1.82) is 5.26 Å². The molecule has 2 aromatic carbocycles. The number of nitrogens with one attached hydrogen (secondary N) is 2. The van der Waals surface area contributed by atoms with Gasteiger partial charge in [0.1, 0.15) is 17.4 Å². The molecule has 2 aromatic rings. The molecule has 0 saturated heterocycles. The van der Waals surface area contributed by atoms with Crippen LogP contribution in [-0.4, -0.2) is 36.3 Å². The minimum atomic E-state index is -0.998. The van der Waals surface area contributed by atoms with Crippen LogP contribution >= 0.6 is 0 Å². The maximum Gasteiger partial charge on any atom is 0.217 e. The van der Waals surface area contributed by atoms with Crippen LogP contribution in [0.3, 0.4) is 0 Å². The van der Waals surface area contributed by atoms with Gasteiger partial charge in [0.2, 0.25) is 5.91 Å². The fourth-order valence-corrected chi connectivity index (χ4v) is 4.25. The Morgan fingerprint density at radius 1 is 1.24 bits per heavy atom. The number of ether oxygens (including phenoxy) is 1. The molecule has 1 amide bonds. The molecule has 3 N–H and O–H groups in total. The lowest BCUT2D eigenvalue weighted by molar-refractivity contribution is -0.120. The predicted octanol–water partition coefficient (Wildman–Crippen LogP) is 3.58. The van der Waals surface area contributed by atoms with E-state index in [1.54, 1.807) is 0 Å². The first-order valence-electron chi connectivity index (χ1n) is 11.4. The lowest BCUT2D eigenvalue weighted by Gasteiger charge is -2.30. The zero-order valence-electron chi connectivity index (χ0n) is 19.7. The maximum absolute atomic E-state index is 13.6. The first kappa shape index (κ1) is 25.6. The van der Waals surface area contributed by atoms with E-state index in [-0.39, 0.29) is 24.9 Å². The Kier molecular flexibility index (Phi) is 8.24. The predicted molar refractivity (Wildman–Crippen MR) is 124 cm³/mol. The summed E-state index contributed by atoms with van der Waals surface area (Å²) >= 11 is 0. The molecule has 0 aromatic heterocycles. The van der Waals surface area contributed by atoms with Crippen molar-refractivity contribution in [3.63, 3.8) is 0 Å². The van der Waals surface area contributed by atoms with Gasteiger partial charge in [-0.15, -0.1) is 0 Å². The van der Waals surface area contributed by atoms with Gasteiger partial charge in [0, 0.05) is 37.6 Å². The van der Waals surface area contributed by atoms with Crippen molar-refractivity contribution >= 4 is 5.91 Å². The first-order valence-corrected chi connectivity index (χ1v) is 11.4. The van der Waals surface area contributed by atoms with Crippen LogP contribution in [0.2, 0.25) is 0 Å². The third-order valence-corrected chi connectivity index (χ3v) is 5.87. The number of halogens is 2. The van der Waals surface area contributed by atoms with E-state index in [2.05, 4.69) is 16.7 Å².